The van der Waals surface area contributed by atoms with E-state index < -0.39 is 5.91 Å². The van der Waals surface area contributed by atoms with E-state index in [0.717, 1.165) is 38.5 Å². The molecule has 0 aliphatic heterocycles. The van der Waals surface area contributed by atoms with Crippen molar-refractivity contribution >= 4 is 40.7 Å². The van der Waals surface area contributed by atoms with Crippen molar-refractivity contribution in [2.24, 2.45) is 5.92 Å². The van der Waals surface area contributed by atoms with E-state index in [-0.39, 0.29) is 22.8 Å². The zero-order valence-electron chi connectivity index (χ0n) is 16.2. The van der Waals surface area contributed by atoms with E-state index in [0.29, 0.717) is 17.7 Å². The van der Waals surface area contributed by atoms with Gasteiger partial charge in [-0.05, 0) is 55.7 Å². The predicted molar refractivity (Wildman–Crippen MR) is 113 cm³/mol. The van der Waals surface area contributed by atoms with Crippen molar-refractivity contribution in [1.29, 1.82) is 0 Å². The van der Waals surface area contributed by atoms with E-state index in [4.69, 9.17) is 12.2 Å². The molecule has 1 aromatic rings. The number of benzene rings is 1. The molecule has 0 aromatic heterocycles. The maximum atomic E-state index is 12.3. The van der Waals surface area contributed by atoms with Crippen molar-refractivity contribution in [3.8, 4) is 0 Å². The minimum atomic E-state index is -0.393. The van der Waals surface area contributed by atoms with Gasteiger partial charge in [-0.15, -0.1) is 0 Å². The van der Waals surface area contributed by atoms with Gasteiger partial charge in [0.1, 0.15) is 0 Å². The Balaban J connectivity index is 1.77. The molecule has 1 saturated carbocycles. The van der Waals surface area contributed by atoms with E-state index in [9.17, 15) is 14.4 Å². The zero-order valence-corrected chi connectivity index (χ0v) is 17.0. The number of amides is 3. The van der Waals surface area contributed by atoms with Gasteiger partial charge in [-0.1, -0.05) is 32.6 Å². The number of rotatable bonds is 6. The second-order valence-electron chi connectivity index (χ2n) is 6.96. The van der Waals surface area contributed by atoms with Gasteiger partial charge >= 0.3 is 0 Å². The van der Waals surface area contributed by atoms with Gasteiger partial charge in [-0.2, -0.15) is 0 Å². The maximum absolute atomic E-state index is 12.3. The summed E-state index contributed by atoms with van der Waals surface area (Å²) in [6.45, 7) is 2.00. The highest BCUT2D eigenvalue weighted by atomic mass is 32.1. The molecule has 0 saturated heterocycles. The Morgan fingerprint density at radius 1 is 1.04 bits per heavy atom. The Hall–Kier alpha value is -2.48. The van der Waals surface area contributed by atoms with Crippen LogP contribution >= 0.6 is 12.2 Å². The molecule has 28 heavy (non-hydrogen) atoms. The molecule has 8 heteroatoms. The quantitative estimate of drug-likeness (QED) is 0.431. The summed E-state index contributed by atoms with van der Waals surface area (Å²) in [5.74, 6) is -0.459. The summed E-state index contributed by atoms with van der Waals surface area (Å²) in [5.41, 5.74) is 6.02. The van der Waals surface area contributed by atoms with E-state index >= 15 is 0 Å². The normalized spacial score (nSPS) is 14.0. The van der Waals surface area contributed by atoms with Crippen LogP contribution in [0.2, 0.25) is 0 Å². The Bertz CT molecular complexity index is 700. The molecule has 1 fully saturated rings. The van der Waals surface area contributed by atoms with Gasteiger partial charge in [0, 0.05) is 23.6 Å². The van der Waals surface area contributed by atoms with Crippen molar-refractivity contribution in [2.75, 3.05) is 5.32 Å². The molecule has 7 nitrogen and oxygen atoms in total. The smallest absolute Gasteiger partial charge is 0.269 e. The molecule has 0 heterocycles. The first-order valence-corrected chi connectivity index (χ1v) is 10.2. The van der Waals surface area contributed by atoms with Crippen molar-refractivity contribution in [3.63, 3.8) is 0 Å². The Kier molecular flexibility index (Phi) is 8.87. The molecule has 1 aliphatic rings. The molecule has 3 amide bonds. The van der Waals surface area contributed by atoms with Gasteiger partial charge in [0.2, 0.25) is 11.8 Å². The van der Waals surface area contributed by atoms with Crippen LogP contribution in [-0.2, 0) is 9.59 Å². The number of carbonyl (C=O) groups is 3. The highest BCUT2D eigenvalue weighted by molar-refractivity contribution is 7.80. The Morgan fingerprint density at radius 2 is 1.71 bits per heavy atom. The molecule has 2 rings (SSSR count). The molecule has 0 unspecified atom stereocenters. The van der Waals surface area contributed by atoms with Gasteiger partial charge in [0.05, 0.1) is 0 Å². The molecule has 152 valence electrons. The van der Waals surface area contributed by atoms with Crippen molar-refractivity contribution in [3.05, 3.63) is 29.8 Å². The van der Waals surface area contributed by atoms with Crippen LogP contribution in [0.1, 0.15) is 68.6 Å². The average molecular weight is 405 g/mol. The first kappa shape index (κ1) is 21.8. The zero-order chi connectivity index (χ0) is 20.4. The van der Waals surface area contributed by atoms with Crippen LogP contribution in [0.3, 0.4) is 0 Å². The minimum Gasteiger partial charge on any atom is -0.326 e. The summed E-state index contributed by atoms with van der Waals surface area (Å²) < 4.78 is 0. The fourth-order valence-corrected chi connectivity index (χ4v) is 3.22. The third-order valence-electron chi connectivity index (χ3n) is 4.69. The molecule has 0 atom stereocenters. The summed E-state index contributed by atoms with van der Waals surface area (Å²) in [5, 5.41) is 5.46. The second kappa shape index (κ2) is 11.4. The fraction of sp³-hybridized carbons (Fsp3) is 0.500. The lowest BCUT2D eigenvalue weighted by Gasteiger charge is -2.20. The van der Waals surface area contributed by atoms with Gasteiger partial charge in [-0.25, -0.2) is 0 Å². The monoisotopic (exact) mass is 404 g/mol. The molecule has 1 aliphatic carbocycles. The highest BCUT2D eigenvalue weighted by Gasteiger charge is 2.21. The molecule has 0 spiro atoms. The molecule has 0 radical (unpaired) electrons. The van der Waals surface area contributed by atoms with Gasteiger partial charge in [0.15, 0.2) is 5.11 Å². The number of unbranched alkanes of at least 4 members (excludes halogenated alkanes) is 1. The van der Waals surface area contributed by atoms with Crippen LogP contribution in [0.5, 0.6) is 0 Å². The first-order valence-electron chi connectivity index (χ1n) is 9.80. The van der Waals surface area contributed by atoms with Crippen LogP contribution < -0.4 is 21.5 Å². The third-order valence-corrected chi connectivity index (χ3v) is 4.89. The predicted octanol–water partition coefficient (Wildman–Crippen LogP) is 3.03. The number of hydrogen-bond acceptors (Lipinski definition) is 4. The summed E-state index contributed by atoms with van der Waals surface area (Å²) in [6.07, 6.45) is 7.37. The molecular weight excluding hydrogens is 376 g/mol. The Morgan fingerprint density at radius 3 is 2.36 bits per heavy atom. The fourth-order valence-electron chi connectivity index (χ4n) is 3.06. The van der Waals surface area contributed by atoms with Gasteiger partial charge < -0.3 is 10.6 Å². The van der Waals surface area contributed by atoms with Crippen LogP contribution in [0.15, 0.2) is 24.3 Å². The maximum Gasteiger partial charge on any atom is 0.269 e. The van der Waals surface area contributed by atoms with Crippen LogP contribution in [0, 0.1) is 5.92 Å². The SMILES string of the molecule is CCCCC(=O)NC(=S)NNC(=O)c1ccc(NC(=O)C2CCCCC2)cc1. The molecule has 4 N–H and O–H groups in total. The van der Waals surface area contributed by atoms with Crippen LogP contribution in [0.25, 0.3) is 0 Å². The number of hydrazine groups is 1. The van der Waals surface area contributed by atoms with E-state index in [1.54, 1.807) is 24.3 Å². The van der Waals surface area contributed by atoms with E-state index in [1.807, 2.05) is 6.92 Å². The number of hydrogen-bond donors (Lipinski definition) is 4. The summed E-state index contributed by atoms with van der Waals surface area (Å²) in [7, 11) is 0. The van der Waals surface area contributed by atoms with Crippen LogP contribution in [-0.4, -0.2) is 22.8 Å². The lowest BCUT2D eigenvalue weighted by Crippen LogP contribution is -2.48. The highest BCUT2D eigenvalue weighted by Crippen LogP contribution is 2.25. The summed E-state index contributed by atoms with van der Waals surface area (Å²) >= 11 is 4.97. The lowest BCUT2D eigenvalue weighted by molar-refractivity contribution is -0.121. The molecule has 1 aromatic carbocycles. The first-order chi connectivity index (χ1) is 13.5. The van der Waals surface area contributed by atoms with Crippen molar-refractivity contribution < 1.29 is 14.4 Å². The van der Waals surface area contributed by atoms with Crippen LogP contribution in [0.4, 0.5) is 5.69 Å². The average Bonchev–Trinajstić information content (AvgIpc) is 2.71. The summed E-state index contributed by atoms with van der Waals surface area (Å²) in [6, 6.07) is 6.63. The minimum absolute atomic E-state index is 0.0442. The standard InChI is InChI=1S/C20H28N4O3S/c1-2-3-9-17(25)22-20(28)24-23-19(27)15-10-12-16(13-11-15)21-18(26)14-7-5-4-6-8-14/h10-14H,2-9H2,1H3,(H,21,26)(H,23,27)(H2,22,24,25,28). The Labute approximate surface area is 171 Å². The van der Waals surface area contributed by atoms with Crippen molar-refractivity contribution in [1.82, 2.24) is 16.2 Å². The van der Waals surface area contributed by atoms with Gasteiger partial charge in [-0.3, -0.25) is 25.2 Å². The largest absolute Gasteiger partial charge is 0.326 e. The third kappa shape index (κ3) is 7.26. The van der Waals surface area contributed by atoms with E-state index in [1.165, 1.54) is 6.42 Å². The van der Waals surface area contributed by atoms with E-state index in [2.05, 4.69) is 21.5 Å². The van der Waals surface area contributed by atoms with Crippen molar-refractivity contribution in [2.45, 2.75) is 58.3 Å². The number of thiocarbonyl (C=S) groups is 1. The molecular formula is C20H28N4O3S. The topological polar surface area (TPSA) is 99.3 Å². The number of nitrogens with one attached hydrogen (secondary N) is 4. The number of carbonyl (C=O) groups excluding carboxylic acids is 3. The molecule has 0 bridgehead atoms. The van der Waals surface area contributed by atoms with Gasteiger partial charge in [0.25, 0.3) is 5.91 Å². The lowest BCUT2D eigenvalue weighted by atomic mass is 9.88. The number of anilines is 1. The summed E-state index contributed by atoms with van der Waals surface area (Å²) in [4.78, 5) is 36.0. The second-order valence-corrected chi connectivity index (χ2v) is 7.37.